The smallest absolute Gasteiger partial charge is 0.306 e. The van der Waals surface area contributed by atoms with Gasteiger partial charge in [-0.1, -0.05) is 269 Å². The minimum atomic E-state index is -0.788. The highest BCUT2D eigenvalue weighted by molar-refractivity contribution is 5.70. The van der Waals surface area contributed by atoms with E-state index < -0.39 is 6.10 Å². The molecule has 0 aromatic heterocycles. The van der Waals surface area contributed by atoms with Crippen LogP contribution < -0.4 is 0 Å². The van der Waals surface area contributed by atoms with Gasteiger partial charge in [-0.2, -0.15) is 0 Å². The molecule has 0 amide bonds. The Morgan fingerprint density at radius 3 is 0.878 bits per heavy atom. The zero-order valence-electron chi connectivity index (χ0n) is 47.8. The van der Waals surface area contributed by atoms with Gasteiger partial charge >= 0.3 is 11.9 Å². The van der Waals surface area contributed by atoms with Crippen LogP contribution in [-0.2, 0) is 19.1 Å². The van der Waals surface area contributed by atoms with E-state index in [1.54, 1.807) is 0 Å². The first-order valence-corrected chi connectivity index (χ1v) is 30.4. The minimum Gasteiger partial charge on any atom is -0.462 e. The van der Waals surface area contributed by atoms with Crippen molar-refractivity contribution in [1.29, 1.82) is 0 Å². The molecule has 0 saturated heterocycles. The lowest BCUT2D eigenvalue weighted by atomic mass is 10.0. The molecule has 0 radical (unpaired) electrons. The van der Waals surface area contributed by atoms with Crippen LogP contribution in [0.2, 0.25) is 0 Å². The lowest BCUT2D eigenvalue weighted by Gasteiger charge is -2.15. The molecule has 0 rings (SSSR count). The summed E-state index contributed by atoms with van der Waals surface area (Å²) in [4.78, 5) is 24.5. The lowest BCUT2D eigenvalue weighted by molar-refractivity contribution is -0.161. The molecular weight excluding hydrogens is 909 g/mol. The molecule has 0 heterocycles. The van der Waals surface area contributed by atoms with Gasteiger partial charge < -0.3 is 14.6 Å². The highest BCUT2D eigenvalue weighted by Gasteiger charge is 2.16. The van der Waals surface area contributed by atoms with Crippen molar-refractivity contribution in [1.82, 2.24) is 0 Å². The van der Waals surface area contributed by atoms with Gasteiger partial charge in [0.15, 0.2) is 6.10 Å². The Hall–Kier alpha value is -4.22. The molecule has 1 atom stereocenters. The number of aliphatic hydroxyl groups excluding tert-OH is 1. The number of hydrogen-bond donors (Lipinski definition) is 1. The van der Waals surface area contributed by atoms with Gasteiger partial charge in [0.2, 0.25) is 0 Å². The number of hydrogen-bond acceptors (Lipinski definition) is 5. The molecule has 0 aliphatic heterocycles. The fourth-order valence-electron chi connectivity index (χ4n) is 8.08. The maximum Gasteiger partial charge on any atom is 0.306 e. The molecule has 0 aromatic rings. The molecule has 5 heteroatoms. The number of esters is 2. The van der Waals surface area contributed by atoms with Crippen LogP contribution in [0.1, 0.15) is 258 Å². The molecule has 74 heavy (non-hydrogen) atoms. The molecule has 1 unspecified atom stereocenters. The standard InChI is InChI=1S/C69H112O5/c1-3-5-7-9-11-13-15-17-19-21-23-24-25-26-27-28-29-30-31-32-33-34-35-36-37-38-39-40-41-42-43-44-46-48-50-52-54-56-58-60-62-64-69(72)74-67(65-70)66-73-68(71)63-61-59-57-55-53-51-49-47-45-22-20-18-16-14-12-10-8-6-4-2/h5,7,11-14,17-20,23-24,26-27,29-30,32-33,35-36,38-39,45,47,67,70H,3-4,6,8-10,15-16,21-22,25,28,31,34,37,40-44,46,48-66H2,1-2H3/b7-5-,13-11-,14-12-,19-17-,20-18-,24-23-,27-26-,30-29-,33-32-,36-35-,39-38-,47-45-. The summed E-state index contributed by atoms with van der Waals surface area (Å²) in [6.07, 6.45) is 95.4. The molecule has 418 valence electrons. The summed E-state index contributed by atoms with van der Waals surface area (Å²) in [5.41, 5.74) is 0. The van der Waals surface area contributed by atoms with Crippen LogP contribution in [0.25, 0.3) is 0 Å². The number of ether oxygens (including phenoxy) is 2. The quantitative estimate of drug-likeness (QED) is 0.0373. The molecule has 0 saturated carbocycles. The van der Waals surface area contributed by atoms with E-state index in [0.29, 0.717) is 12.8 Å². The van der Waals surface area contributed by atoms with Crippen LogP contribution in [0.15, 0.2) is 146 Å². The second kappa shape index (κ2) is 63.1. The van der Waals surface area contributed by atoms with Crippen molar-refractivity contribution < 1.29 is 24.2 Å². The first kappa shape index (κ1) is 69.8. The average molecular weight is 1020 g/mol. The first-order valence-electron chi connectivity index (χ1n) is 30.4. The van der Waals surface area contributed by atoms with Crippen molar-refractivity contribution in [2.45, 2.75) is 264 Å². The Morgan fingerprint density at radius 2 is 0.581 bits per heavy atom. The largest absolute Gasteiger partial charge is 0.462 e. The predicted molar refractivity (Wildman–Crippen MR) is 324 cm³/mol. The molecule has 1 N–H and O–H groups in total. The van der Waals surface area contributed by atoms with Crippen molar-refractivity contribution in [2.24, 2.45) is 0 Å². The summed E-state index contributed by atoms with van der Waals surface area (Å²) >= 11 is 0. The Labute approximate surface area is 457 Å². The van der Waals surface area contributed by atoms with Gasteiger partial charge in [0.1, 0.15) is 6.61 Å². The van der Waals surface area contributed by atoms with Crippen molar-refractivity contribution >= 4 is 11.9 Å². The van der Waals surface area contributed by atoms with Gasteiger partial charge in [0, 0.05) is 12.8 Å². The van der Waals surface area contributed by atoms with E-state index in [-0.39, 0.29) is 25.2 Å². The van der Waals surface area contributed by atoms with E-state index in [9.17, 15) is 14.7 Å². The van der Waals surface area contributed by atoms with Gasteiger partial charge in [0.05, 0.1) is 6.61 Å². The normalized spacial score (nSPS) is 13.3. The zero-order valence-corrected chi connectivity index (χ0v) is 47.8. The maximum atomic E-state index is 12.3. The lowest BCUT2D eigenvalue weighted by Crippen LogP contribution is -2.28. The Balaban J connectivity index is 3.56. The van der Waals surface area contributed by atoms with E-state index in [1.807, 2.05) is 0 Å². The summed E-state index contributed by atoms with van der Waals surface area (Å²) in [6, 6.07) is 0. The highest BCUT2D eigenvalue weighted by atomic mass is 16.6. The molecule has 5 nitrogen and oxygen atoms in total. The minimum absolute atomic E-state index is 0.0794. The maximum absolute atomic E-state index is 12.3. The van der Waals surface area contributed by atoms with Gasteiger partial charge in [-0.05, 0) is 122 Å². The van der Waals surface area contributed by atoms with Crippen LogP contribution in [0.4, 0.5) is 0 Å². The topological polar surface area (TPSA) is 72.8 Å². The Morgan fingerprint density at radius 1 is 0.324 bits per heavy atom. The summed E-state index contributed by atoms with van der Waals surface area (Å²) < 4.78 is 10.7. The monoisotopic (exact) mass is 1020 g/mol. The highest BCUT2D eigenvalue weighted by Crippen LogP contribution is 2.15. The van der Waals surface area contributed by atoms with Gasteiger partial charge in [-0.15, -0.1) is 0 Å². The predicted octanol–water partition coefficient (Wildman–Crippen LogP) is 21.0. The van der Waals surface area contributed by atoms with Crippen LogP contribution in [0, 0.1) is 0 Å². The summed E-state index contributed by atoms with van der Waals surface area (Å²) in [5, 5.41) is 9.66. The Bertz CT molecular complexity index is 1580. The fraction of sp³-hybridized carbons (Fsp3) is 0.623. The molecule has 0 fully saturated rings. The van der Waals surface area contributed by atoms with E-state index in [0.717, 1.165) is 116 Å². The number of rotatable bonds is 54. The number of unbranched alkanes of at least 4 members (excludes halogenated alkanes) is 22. The van der Waals surface area contributed by atoms with E-state index >= 15 is 0 Å². The van der Waals surface area contributed by atoms with E-state index in [1.165, 1.54) is 116 Å². The van der Waals surface area contributed by atoms with Crippen molar-refractivity contribution in [3.8, 4) is 0 Å². The second-order valence-electron chi connectivity index (χ2n) is 19.7. The van der Waals surface area contributed by atoms with Gasteiger partial charge in [0.25, 0.3) is 0 Å². The summed E-state index contributed by atoms with van der Waals surface area (Å²) in [6.45, 7) is 3.99. The third-order valence-electron chi connectivity index (χ3n) is 12.6. The van der Waals surface area contributed by atoms with Crippen molar-refractivity contribution in [2.75, 3.05) is 13.2 Å². The number of carbonyl (C=O) groups excluding carboxylic acids is 2. The van der Waals surface area contributed by atoms with Gasteiger partial charge in [-0.3, -0.25) is 9.59 Å². The first-order chi connectivity index (χ1) is 36.6. The SMILES string of the molecule is CC/C=C\C/C=C\C/C=C\C/C=C\C/C=C\C/C=C\C/C=C\C/C=C\C/C=C\CCCCCCCCCCCCCCCC(=O)OC(CO)COC(=O)CCCCCCCC/C=C\C/C=C\C/C=C\CCCCC. The number of allylic oxidation sites excluding steroid dienone is 24. The molecule has 0 aromatic carbocycles. The molecule has 0 bridgehead atoms. The van der Waals surface area contributed by atoms with Gasteiger partial charge in [-0.25, -0.2) is 0 Å². The number of carbonyl (C=O) groups is 2. The van der Waals surface area contributed by atoms with Crippen LogP contribution >= 0.6 is 0 Å². The molecular formula is C69H112O5. The Kier molecular flexibility index (Phi) is 59.5. The fourth-order valence-corrected chi connectivity index (χ4v) is 8.08. The number of aliphatic hydroxyl groups is 1. The molecule has 0 aliphatic carbocycles. The summed E-state index contributed by atoms with van der Waals surface area (Å²) in [5.74, 6) is -0.610. The van der Waals surface area contributed by atoms with E-state index in [2.05, 4.69) is 160 Å². The molecule has 0 spiro atoms. The van der Waals surface area contributed by atoms with Crippen molar-refractivity contribution in [3.63, 3.8) is 0 Å². The zero-order chi connectivity index (χ0) is 53.4. The summed E-state index contributed by atoms with van der Waals surface area (Å²) in [7, 11) is 0. The second-order valence-corrected chi connectivity index (χ2v) is 19.7. The van der Waals surface area contributed by atoms with Crippen LogP contribution in [-0.4, -0.2) is 36.4 Å². The van der Waals surface area contributed by atoms with E-state index in [4.69, 9.17) is 9.47 Å². The molecule has 0 aliphatic rings. The third-order valence-corrected chi connectivity index (χ3v) is 12.6. The average Bonchev–Trinajstić information content (AvgIpc) is 3.40. The van der Waals surface area contributed by atoms with Crippen LogP contribution in [0.3, 0.4) is 0 Å². The van der Waals surface area contributed by atoms with Crippen molar-refractivity contribution in [3.05, 3.63) is 146 Å². The van der Waals surface area contributed by atoms with Crippen LogP contribution in [0.5, 0.6) is 0 Å². The third kappa shape index (κ3) is 60.3.